The van der Waals surface area contributed by atoms with E-state index in [1.54, 1.807) is 12.1 Å². The Kier molecular flexibility index (Phi) is 4.69. The largest absolute Gasteiger partial charge is 0.396 e. The van der Waals surface area contributed by atoms with Crippen molar-refractivity contribution in [2.75, 3.05) is 6.61 Å². The van der Waals surface area contributed by atoms with Gasteiger partial charge < -0.3 is 5.11 Å². The molecule has 2 heteroatoms. The van der Waals surface area contributed by atoms with Crippen molar-refractivity contribution in [3.05, 3.63) is 71.0 Å². The van der Waals surface area contributed by atoms with Gasteiger partial charge in [0.1, 0.15) is 5.82 Å². The monoisotopic (exact) mass is 258 g/mol. The third kappa shape index (κ3) is 3.90. The molecule has 0 heterocycles. The van der Waals surface area contributed by atoms with E-state index >= 15 is 0 Å². The minimum atomic E-state index is -0.190. The van der Waals surface area contributed by atoms with E-state index < -0.39 is 0 Å². The Morgan fingerprint density at radius 2 is 1.84 bits per heavy atom. The fourth-order valence-corrected chi connectivity index (χ4v) is 2.35. The maximum atomic E-state index is 13.6. The summed E-state index contributed by atoms with van der Waals surface area (Å²) >= 11 is 0. The van der Waals surface area contributed by atoms with Crippen LogP contribution in [0.4, 0.5) is 4.39 Å². The van der Waals surface area contributed by atoms with Gasteiger partial charge in [0.25, 0.3) is 0 Å². The molecule has 19 heavy (non-hydrogen) atoms. The van der Waals surface area contributed by atoms with Gasteiger partial charge in [0.2, 0.25) is 0 Å². The Labute approximate surface area is 113 Å². The van der Waals surface area contributed by atoms with Gasteiger partial charge in [-0.25, -0.2) is 4.39 Å². The lowest BCUT2D eigenvalue weighted by atomic mass is 9.92. The second-order valence-electron chi connectivity index (χ2n) is 5.04. The first kappa shape index (κ1) is 13.8. The van der Waals surface area contributed by atoms with Crippen LogP contribution in [0.25, 0.3) is 0 Å². The minimum Gasteiger partial charge on any atom is -0.396 e. The topological polar surface area (TPSA) is 20.2 Å². The molecule has 2 aromatic rings. The molecule has 0 saturated heterocycles. The third-order valence-corrected chi connectivity index (χ3v) is 3.33. The van der Waals surface area contributed by atoms with Crippen molar-refractivity contribution in [3.8, 4) is 0 Å². The smallest absolute Gasteiger partial charge is 0.126 e. The molecular formula is C17H19FO. The van der Waals surface area contributed by atoms with Gasteiger partial charge in [-0.15, -0.1) is 0 Å². The van der Waals surface area contributed by atoms with Crippen LogP contribution in [0, 0.1) is 18.7 Å². The summed E-state index contributed by atoms with van der Waals surface area (Å²) in [6.07, 6.45) is 1.34. The summed E-state index contributed by atoms with van der Waals surface area (Å²) in [5.41, 5.74) is 3.07. The van der Waals surface area contributed by atoms with Crippen LogP contribution in [-0.4, -0.2) is 11.7 Å². The number of aliphatic hydroxyl groups is 1. The normalized spacial score (nSPS) is 12.4. The molecule has 2 aromatic carbocycles. The number of rotatable bonds is 5. The van der Waals surface area contributed by atoms with Gasteiger partial charge in [-0.1, -0.05) is 48.0 Å². The summed E-state index contributed by atoms with van der Waals surface area (Å²) in [4.78, 5) is 0. The molecule has 0 aliphatic rings. The first-order valence-electron chi connectivity index (χ1n) is 6.59. The zero-order chi connectivity index (χ0) is 13.7. The van der Waals surface area contributed by atoms with Gasteiger partial charge >= 0.3 is 0 Å². The molecule has 0 radical (unpaired) electrons. The number of halogens is 1. The first-order valence-corrected chi connectivity index (χ1v) is 6.59. The lowest BCUT2D eigenvalue weighted by Crippen LogP contribution is -2.13. The minimum absolute atomic E-state index is 0.0544. The zero-order valence-electron chi connectivity index (χ0n) is 11.1. The van der Waals surface area contributed by atoms with E-state index in [-0.39, 0.29) is 18.3 Å². The molecule has 0 amide bonds. The summed E-state index contributed by atoms with van der Waals surface area (Å²) in [6, 6.07) is 15.0. The lowest BCUT2D eigenvalue weighted by molar-refractivity contribution is 0.224. The second kappa shape index (κ2) is 6.48. The number of benzene rings is 2. The van der Waals surface area contributed by atoms with Crippen LogP contribution >= 0.6 is 0 Å². The SMILES string of the molecule is Cc1cccc(CC(CO)Cc2ccccc2F)c1. The van der Waals surface area contributed by atoms with Gasteiger partial charge in [-0.05, 0) is 42.9 Å². The fourth-order valence-electron chi connectivity index (χ4n) is 2.35. The molecule has 0 bridgehead atoms. The van der Waals surface area contributed by atoms with Crippen molar-refractivity contribution in [3.63, 3.8) is 0 Å². The first-order chi connectivity index (χ1) is 9.19. The molecular weight excluding hydrogens is 239 g/mol. The molecule has 0 aliphatic carbocycles. The molecule has 1 nitrogen and oxygen atoms in total. The van der Waals surface area contributed by atoms with Crippen LogP contribution < -0.4 is 0 Å². The Bertz CT molecular complexity index is 536. The molecule has 0 aliphatic heterocycles. The Morgan fingerprint density at radius 1 is 1.05 bits per heavy atom. The van der Waals surface area contributed by atoms with E-state index in [1.165, 1.54) is 17.2 Å². The lowest BCUT2D eigenvalue weighted by Gasteiger charge is -2.15. The van der Waals surface area contributed by atoms with Crippen molar-refractivity contribution in [1.82, 2.24) is 0 Å². The van der Waals surface area contributed by atoms with E-state index in [0.29, 0.717) is 12.0 Å². The zero-order valence-corrected chi connectivity index (χ0v) is 11.1. The van der Waals surface area contributed by atoms with E-state index in [4.69, 9.17) is 0 Å². The van der Waals surface area contributed by atoms with Gasteiger partial charge in [0.05, 0.1) is 0 Å². The van der Waals surface area contributed by atoms with Crippen LogP contribution in [0.5, 0.6) is 0 Å². The van der Waals surface area contributed by atoms with E-state index in [0.717, 1.165) is 6.42 Å². The Morgan fingerprint density at radius 3 is 2.53 bits per heavy atom. The number of aryl methyl sites for hydroxylation is 1. The maximum Gasteiger partial charge on any atom is 0.126 e. The quantitative estimate of drug-likeness (QED) is 0.870. The van der Waals surface area contributed by atoms with Crippen molar-refractivity contribution < 1.29 is 9.50 Å². The average Bonchev–Trinajstić information content (AvgIpc) is 2.40. The summed E-state index contributed by atoms with van der Waals surface area (Å²) in [7, 11) is 0. The molecule has 0 spiro atoms. The van der Waals surface area contributed by atoms with E-state index in [1.807, 2.05) is 25.1 Å². The highest BCUT2D eigenvalue weighted by Gasteiger charge is 2.12. The highest BCUT2D eigenvalue weighted by Crippen LogP contribution is 2.17. The van der Waals surface area contributed by atoms with Crippen LogP contribution in [0.3, 0.4) is 0 Å². The molecule has 2 rings (SSSR count). The molecule has 100 valence electrons. The number of hydrogen-bond donors (Lipinski definition) is 1. The Balaban J connectivity index is 2.07. The standard InChI is InChI=1S/C17H19FO/c1-13-5-4-6-14(9-13)10-15(12-19)11-16-7-2-3-8-17(16)18/h2-9,15,19H,10-12H2,1H3. The maximum absolute atomic E-state index is 13.6. The van der Waals surface area contributed by atoms with Crippen LogP contribution in [0.2, 0.25) is 0 Å². The molecule has 1 atom stereocenters. The molecule has 1 N–H and O–H groups in total. The predicted octanol–water partition coefficient (Wildman–Crippen LogP) is 3.53. The number of hydrogen-bond acceptors (Lipinski definition) is 1. The van der Waals surface area contributed by atoms with E-state index in [2.05, 4.69) is 12.1 Å². The van der Waals surface area contributed by atoms with Crippen LogP contribution in [0.1, 0.15) is 16.7 Å². The van der Waals surface area contributed by atoms with Gasteiger partial charge in [-0.3, -0.25) is 0 Å². The average molecular weight is 258 g/mol. The summed E-state index contributed by atoms with van der Waals surface area (Å²) in [5, 5.41) is 9.49. The van der Waals surface area contributed by atoms with Gasteiger partial charge in [-0.2, -0.15) is 0 Å². The van der Waals surface area contributed by atoms with Gasteiger partial charge in [0.15, 0.2) is 0 Å². The van der Waals surface area contributed by atoms with Gasteiger partial charge in [0, 0.05) is 6.61 Å². The van der Waals surface area contributed by atoms with Crippen molar-refractivity contribution >= 4 is 0 Å². The highest BCUT2D eigenvalue weighted by molar-refractivity contribution is 5.23. The Hall–Kier alpha value is -1.67. The van der Waals surface area contributed by atoms with Crippen molar-refractivity contribution in [2.24, 2.45) is 5.92 Å². The molecule has 0 saturated carbocycles. The third-order valence-electron chi connectivity index (χ3n) is 3.33. The summed E-state index contributed by atoms with van der Waals surface area (Å²) in [6.45, 7) is 2.12. The molecule has 0 aromatic heterocycles. The number of aliphatic hydroxyl groups excluding tert-OH is 1. The van der Waals surface area contributed by atoms with Crippen LogP contribution in [0.15, 0.2) is 48.5 Å². The molecule has 0 fully saturated rings. The van der Waals surface area contributed by atoms with E-state index in [9.17, 15) is 9.50 Å². The van der Waals surface area contributed by atoms with Crippen LogP contribution in [-0.2, 0) is 12.8 Å². The van der Waals surface area contributed by atoms with Crippen molar-refractivity contribution in [2.45, 2.75) is 19.8 Å². The predicted molar refractivity (Wildman–Crippen MR) is 75.6 cm³/mol. The van der Waals surface area contributed by atoms with Crippen molar-refractivity contribution in [1.29, 1.82) is 0 Å². The summed E-state index contributed by atoms with van der Waals surface area (Å²) < 4.78 is 13.6. The highest BCUT2D eigenvalue weighted by atomic mass is 19.1. The second-order valence-corrected chi connectivity index (χ2v) is 5.04. The summed E-state index contributed by atoms with van der Waals surface area (Å²) in [5.74, 6) is -0.135. The fraction of sp³-hybridized carbons (Fsp3) is 0.294. The molecule has 1 unspecified atom stereocenters.